The van der Waals surface area contributed by atoms with Crippen LogP contribution in [0.4, 0.5) is 0 Å². The first-order valence-corrected chi connectivity index (χ1v) is 7.98. The van der Waals surface area contributed by atoms with Crippen LogP contribution >= 0.6 is 45.2 Å². The van der Waals surface area contributed by atoms with E-state index in [0.717, 1.165) is -0.0619 Å². The molecular formula is C8H8I3-. The third-order valence-electron chi connectivity index (χ3n) is 1.22. The molecule has 0 saturated carbocycles. The minimum absolute atomic E-state index is 0.228. The van der Waals surface area contributed by atoms with Gasteiger partial charge in [0.05, 0.1) is 0 Å². The van der Waals surface area contributed by atoms with Crippen molar-refractivity contribution in [2.45, 2.75) is 6.86 Å². The van der Waals surface area contributed by atoms with Crippen LogP contribution in [0.3, 0.4) is 0 Å². The summed E-state index contributed by atoms with van der Waals surface area (Å²) in [5.41, 5.74) is 1.36. The molecule has 0 radical (unpaired) electrons. The standard InChI is InChI=1S/C8H8I3/c1-6-2-4-7(5-3-6)11-8(9)10/h2-5,8H,1H3/q-1. The Bertz CT molecular complexity index is 215. The van der Waals surface area contributed by atoms with Gasteiger partial charge in [0.15, 0.2) is 0 Å². The summed E-state index contributed by atoms with van der Waals surface area (Å²) in [6.45, 7) is 2.13. The Hall–Kier alpha value is 1.41. The molecule has 0 aliphatic carbocycles. The summed E-state index contributed by atoms with van der Waals surface area (Å²) >= 11 is 5.21. The molecule has 0 bridgehead atoms. The van der Waals surface area contributed by atoms with Crippen LogP contribution < -0.4 is 21.2 Å². The summed E-state index contributed by atoms with van der Waals surface area (Å²) in [6, 6.07) is 8.91. The van der Waals surface area contributed by atoms with E-state index in [2.05, 4.69) is 76.4 Å². The molecule has 0 aromatic heterocycles. The van der Waals surface area contributed by atoms with Crippen molar-refractivity contribution < 1.29 is 21.2 Å². The van der Waals surface area contributed by atoms with Gasteiger partial charge in [0.25, 0.3) is 0 Å². The third kappa shape index (κ3) is 4.25. The average Bonchev–Trinajstić information content (AvgIpc) is 1.93. The van der Waals surface area contributed by atoms with Crippen LogP contribution in [0.2, 0.25) is 0 Å². The molecule has 0 fully saturated rings. The molecule has 0 N–H and O–H groups in total. The van der Waals surface area contributed by atoms with Gasteiger partial charge in [-0.1, -0.05) is 0 Å². The van der Waals surface area contributed by atoms with E-state index in [0.29, 0.717) is 0 Å². The van der Waals surface area contributed by atoms with Gasteiger partial charge in [0, 0.05) is 0 Å². The summed E-state index contributed by atoms with van der Waals surface area (Å²) in [5, 5.41) is 0. The summed E-state index contributed by atoms with van der Waals surface area (Å²) in [6.07, 6.45) is 0. The molecule has 1 aromatic rings. The van der Waals surface area contributed by atoms with Crippen molar-refractivity contribution in [3.8, 4) is 0 Å². The molecule has 0 nitrogen and oxygen atoms in total. The van der Waals surface area contributed by atoms with Crippen LogP contribution in [0, 0.1) is 10.5 Å². The number of hydrogen-bond acceptors (Lipinski definition) is 0. The van der Waals surface area contributed by atoms with Crippen LogP contribution in [0.5, 0.6) is 0 Å². The van der Waals surface area contributed by atoms with Crippen molar-refractivity contribution in [2.75, 3.05) is 0 Å². The molecule has 1 rings (SSSR count). The van der Waals surface area contributed by atoms with E-state index in [9.17, 15) is 0 Å². The second kappa shape index (κ2) is 5.21. The predicted octanol–water partition coefficient (Wildman–Crippen LogP) is 0.407. The van der Waals surface area contributed by atoms with E-state index in [1.807, 2.05) is 0 Å². The molecular weight excluding hydrogens is 477 g/mol. The number of alkyl halides is 3. The maximum atomic E-state index is 2.49. The van der Waals surface area contributed by atoms with Crippen molar-refractivity contribution in [3.05, 3.63) is 33.4 Å². The van der Waals surface area contributed by atoms with Gasteiger partial charge in [-0.3, -0.25) is 0 Å². The van der Waals surface area contributed by atoms with E-state index < -0.39 is 0 Å². The third-order valence-corrected chi connectivity index (χ3v) is 6.29. The molecule has 1 aromatic carbocycles. The molecule has 0 atom stereocenters. The summed E-state index contributed by atoms with van der Waals surface area (Å²) in [4.78, 5) is 0. The van der Waals surface area contributed by atoms with Crippen LogP contribution in [0.25, 0.3) is 0 Å². The van der Waals surface area contributed by atoms with Crippen LogP contribution in [0.1, 0.15) is 5.56 Å². The SMILES string of the molecule is Cc1ccc([I-]C(I)I)cc1. The predicted molar refractivity (Wildman–Crippen MR) is 61.7 cm³/mol. The van der Waals surface area contributed by atoms with E-state index in [1.54, 1.807) is 3.57 Å². The molecule has 0 amide bonds. The summed E-state index contributed by atoms with van der Waals surface area (Å²) in [5.74, 6) is 0. The first-order valence-electron chi connectivity index (χ1n) is 3.17. The fourth-order valence-corrected chi connectivity index (χ4v) is 5.67. The summed E-state index contributed by atoms with van der Waals surface area (Å²) < 4.78 is 2.36. The van der Waals surface area contributed by atoms with E-state index in [-0.39, 0.29) is 21.2 Å². The molecule has 0 spiro atoms. The normalized spacial score (nSPS) is 10.9. The first-order chi connectivity index (χ1) is 5.18. The number of benzene rings is 1. The molecule has 62 valence electrons. The zero-order valence-electron chi connectivity index (χ0n) is 6.02. The van der Waals surface area contributed by atoms with E-state index in [4.69, 9.17) is 0 Å². The van der Waals surface area contributed by atoms with Gasteiger partial charge in [-0.25, -0.2) is 0 Å². The Morgan fingerprint density at radius 3 is 2.18 bits per heavy atom. The molecule has 3 heteroatoms. The second-order valence-electron chi connectivity index (χ2n) is 2.15. The molecule has 11 heavy (non-hydrogen) atoms. The van der Waals surface area contributed by atoms with E-state index >= 15 is 0 Å². The Labute approximate surface area is 105 Å². The molecule has 0 saturated heterocycles. The molecule has 0 heterocycles. The van der Waals surface area contributed by atoms with Crippen LogP contribution in [0.15, 0.2) is 24.3 Å². The van der Waals surface area contributed by atoms with Gasteiger partial charge in [0.1, 0.15) is 0 Å². The molecule has 0 aliphatic heterocycles. The van der Waals surface area contributed by atoms with Gasteiger partial charge in [-0.15, -0.1) is 0 Å². The Kier molecular flexibility index (Phi) is 4.97. The monoisotopic (exact) mass is 485 g/mol. The van der Waals surface area contributed by atoms with Gasteiger partial charge in [-0.05, 0) is 0 Å². The average molecular weight is 485 g/mol. The van der Waals surface area contributed by atoms with Crippen molar-refractivity contribution in [1.82, 2.24) is 0 Å². The zero-order chi connectivity index (χ0) is 8.27. The van der Waals surface area contributed by atoms with Crippen molar-refractivity contribution in [3.63, 3.8) is 0 Å². The summed E-state index contributed by atoms with van der Waals surface area (Å²) in [7, 11) is 0. The number of rotatable bonds is 2. The van der Waals surface area contributed by atoms with Gasteiger partial charge >= 0.3 is 107 Å². The number of hydrogen-bond donors (Lipinski definition) is 0. The quantitative estimate of drug-likeness (QED) is 0.421. The fraction of sp³-hybridized carbons (Fsp3) is 0.250. The second-order valence-corrected chi connectivity index (χ2v) is 14.9. The van der Waals surface area contributed by atoms with Crippen LogP contribution in [-0.4, -0.2) is -0.0619 Å². The number of halogens is 3. The Balaban J connectivity index is 2.66. The fourth-order valence-electron chi connectivity index (χ4n) is 0.701. The van der Waals surface area contributed by atoms with Crippen molar-refractivity contribution in [1.29, 1.82) is 0 Å². The zero-order valence-corrected chi connectivity index (χ0v) is 12.5. The maximum absolute atomic E-state index is 2.49. The van der Waals surface area contributed by atoms with Gasteiger partial charge in [0.2, 0.25) is 0 Å². The van der Waals surface area contributed by atoms with Gasteiger partial charge in [-0.2, -0.15) is 0 Å². The van der Waals surface area contributed by atoms with Crippen LogP contribution in [-0.2, 0) is 0 Å². The van der Waals surface area contributed by atoms with E-state index in [1.165, 1.54) is 5.56 Å². The minimum atomic E-state index is 0.228. The Morgan fingerprint density at radius 2 is 1.73 bits per heavy atom. The first kappa shape index (κ1) is 10.5. The Morgan fingerprint density at radius 1 is 1.18 bits per heavy atom. The molecule has 0 aliphatic rings. The molecule has 0 unspecified atom stereocenters. The van der Waals surface area contributed by atoms with Gasteiger partial charge < -0.3 is 0 Å². The van der Waals surface area contributed by atoms with Crippen molar-refractivity contribution in [2.24, 2.45) is 0 Å². The number of aryl methyl sites for hydroxylation is 1. The van der Waals surface area contributed by atoms with Crippen molar-refractivity contribution >= 4 is 45.2 Å². The topological polar surface area (TPSA) is 0 Å².